The lowest BCUT2D eigenvalue weighted by molar-refractivity contribution is 0.223. The van der Waals surface area contributed by atoms with E-state index < -0.39 is 0 Å². The summed E-state index contributed by atoms with van der Waals surface area (Å²) in [7, 11) is 2.29. The van der Waals surface area contributed by atoms with Crippen LogP contribution < -0.4 is 0 Å². The third-order valence-electron chi connectivity index (χ3n) is 3.73. The molecule has 0 aliphatic heterocycles. The highest BCUT2D eigenvalue weighted by Crippen LogP contribution is 2.25. The molecule has 0 aromatic rings. The minimum atomic E-state index is 0.787. The van der Waals surface area contributed by atoms with Crippen LogP contribution in [0.2, 0.25) is 0 Å². The van der Waals surface area contributed by atoms with Crippen molar-refractivity contribution in [3.8, 4) is 0 Å². The van der Waals surface area contributed by atoms with E-state index in [-0.39, 0.29) is 0 Å². The molecule has 0 amide bonds. The van der Waals surface area contributed by atoms with Gasteiger partial charge in [-0.05, 0) is 37.6 Å². The van der Waals surface area contributed by atoms with Crippen molar-refractivity contribution < 1.29 is 0 Å². The molecule has 1 aliphatic rings. The topological polar surface area (TPSA) is 3.24 Å². The molecule has 1 rings (SSSR count). The Hall–Kier alpha value is 0.440. The molecule has 1 atom stereocenters. The summed E-state index contributed by atoms with van der Waals surface area (Å²) < 4.78 is 0. The molecular formula is C13H26BrN. The number of hydrogen-bond acceptors (Lipinski definition) is 1. The van der Waals surface area contributed by atoms with E-state index in [1.54, 1.807) is 0 Å². The van der Waals surface area contributed by atoms with Gasteiger partial charge in [-0.25, -0.2) is 0 Å². The zero-order valence-corrected chi connectivity index (χ0v) is 12.1. The SMILES string of the molecule is CC(C)C(CBr)CN(C)CC1CCCC1. The first-order valence-electron chi connectivity index (χ1n) is 6.38. The van der Waals surface area contributed by atoms with Crippen LogP contribution in [-0.4, -0.2) is 30.4 Å². The summed E-state index contributed by atoms with van der Waals surface area (Å²) in [5.41, 5.74) is 0. The fourth-order valence-corrected chi connectivity index (χ4v) is 3.50. The number of nitrogens with zero attached hydrogens (tertiary/aromatic N) is 1. The van der Waals surface area contributed by atoms with Gasteiger partial charge in [-0.1, -0.05) is 42.6 Å². The van der Waals surface area contributed by atoms with Crippen molar-refractivity contribution in [2.75, 3.05) is 25.5 Å². The molecule has 90 valence electrons. The van der Waals surface area contributed by atoms with Crippen molar-refractivity contribution in [3.63, 3.8) is 0 Å². The van der Waals surface area contributed by atoms with E-state index in [2.05, 4.69) is 41.7 Å². The smallest absolute Gasteiger partial charge is 0.00743 e. The second-order valence-corrected chi connectivity index (χ2v) is 6.18. The number of halogens is 1. The molecule has 0 N–H and O–H groups in total. The predicted octanol–water partition coefficient (Wildman–Crippen LogP) is 3.78. The van der Waals surface area contributed by atoms with Crippen LogP contribution in [0.3, 0.4) is 0 Å². The summed E-state index contributed by atoms with van der Waals surface area (Å²) in [6, 6.07) is 0. The molecule has 0 aromatic carbocycles. The molecule has 1 saturated carbocycles. The molecule has 1 aliphatic carbocycles. The average molecular weight is 276 g/mol. The number of rotatable bonds is 6. The van der Waals surface area contributed by atoms with Crippen LogP contribution in [0.1, 0.15) is 39.5 Å². The largest absolute Gasteiger partial charge is 0.306 e. The number of hydrogen-bond donors (Lipinski definition) is 0. The lowest BCUT2D eigenvalue weighted by Gasteiger charge is -2.27. The van der Waals surface area contributed by atoms with Gasteiger partial charge in [-0.2, -0.15) is 0 Å². The average Bonchev–Trinajstić information content (AvgIpc) is 2.66. The van der Waals surface area contributed by atoms with Crippen molar-refractivity contribution >= 4 is 15.9 Å². The van der Waals surface area contributed by atoms with E-state index in [1.807, 2.05) is 0 Å². The van der Waals surface area contributed by atoms with Crippen molar-refractivity contribution in [2.24, 2.45) is 17.8 Å². The van der Waals surface area contributed by atoms with Gasteiger partial charge in [0.25, 0.3) is 0 Å². The Kier molecular flexibility index (Phi) is 6.21. The van der Waals surface area contributed by atoms with Gasteiger partial charge in [0, 0.05) is 18.4 Å². The molecule has 15 heavy (non-hydrogen) atoms. The molecule has 2 heteroatoms. The minimum Gasteiger partial charge on any atom is -0.306 e. The first-order valence-corrected chi connectivity index (χ1v) is 7.50. The maximum atomic E-state index is 3.63. The summed E-state index contributed by atoms with van der Waals surface area (Å²) in [5.74, 6) is 2.57. The summed E-state index contributed by atoms with van der Waals surface area (Å²) >= 11 is 3.63. The Labute approximate surface area is 104 Å². The fraction of sp³-hybridized carbons (Fsp3) is 1.00. The van der Waals surface area contributed by atoms with Crippen LogP contribution in [0.25, 0.3) is 0 Å². The van der Waals surface area contributed by atoms with Crippen LogP contribution in [0.5, 0.6) is 0 Å². The summed E-state index contributed by atoms with van der Waals surface area (Å²) in [6.45, 7) is 7.22. The summed E-state index contributed by atoms with van der Waals surface area (Å²) in [4.78, 5) is 2.54. The van der Waals surface area contributed by atoms with E-state index in [9.17, 15) is 0 Å². The van der Waals surface area contributed by atoms with Crippen LogP contribution in [0.15, 0.2) is 0 Å². The lowest BCUT2D eigenvalue weighted by Crippen LogP contribution is -2.32. The van der Waals surface area contributed by atoms with Gasteiger partial charge < -0.3 is 4.90 Å². The van der Waals surface area contributed by atoms with Crippen LogP contribution >= 0.6 is 15.9 Å². The Balaban J connectivity index is 2.23. The molecule has 1 nitrogen and oxygen atoms in total. The minimum absolute atomic E-state index is 0.787. The highest BCUT2D eigenvalue weighted by atomic mass is 79.9. The zero-order chi connectivity index (χ0) is 11.3. The second-order valence-electron chi connectivity index (χ2n) is 5.53. The van der Waals surface area contributed by atoms with Gasteiger partial charge in [0.2, 0.25) is 0 Å². The third kappa shape index (κ3) is 4.86. The highest BCUT2D eigenvalue weighted by Gasteiger charge is 2.19. The molecule has 0 spiro atoms. The van der Waals surface area contributed by atoms with Gasteiger partial charge in [0.05, 0.1) is 0 Å². The van der Waals surface area contributed by atoms with E-state index in [1.165, 1.54) is 38.8 Å². The predicted molar refractivity (Wildman–Crippen MR) is 71.6 cm³/mol. The van der Waals surface area contributed by atoms with E-state index >= 15 is 0 Å². The molecule has 0 heterocycles. The molecule has 0 bridgehead atoms. The standard InChI is InChI=1S/C13H26BrN/c1-11(2)13(8-14)10-15(3)9-12-6-4-5-7-12/h11-13H,4-10H2,1-3H3. The van der Waals surface area contributed by atoms with Gasteiger partial charge in [-0.15, -0.1) is 0 Å². The van der Waals surface area contributed by atoms with Gasteiger partial charge in [0.15, 0.2) is 0 Å². The summed E-state index contributed by atoms with van der Waals surface area (Å²) in [6.07, 6.45) is 5.85. The van der Waals surface area contributed by atoms with Crippen molar-refractivity contribution in [2.45, 2.75) is 39.5 Å². The molecule has 1 unspecified atom stereocenters. The van der Waals surface area contributed by atoms with Crippen LogP contribution in [-0.2, 0) is 0 Å². The van der Waals surface area contributed by atoms with Crippen molar-refractivity contribution in [1.29, 1.82) is 0 Å². The maximum absolute atomic E-state index is 3.63. The monoisotopic (exact) mass is 275 g/mol. The lowest BCUT2D eigenvalue weighted by atomic mass is 9.97. The molecule has 0 saturated heterocycles. The molecule has 1 fully saturated rings. The first kappa shape index (κ1) is 13.5. The number of alkyl halides is 1. The molecule has 0 aromatic heterocycles. The van der Waals surface area contributed by atoms with Crippen LogP contribution in [0, 0.1) is 17.8 Å². The van der Waals surface area contributed by atoms with Crippen molar-refractivity contribution in [1.82, 2.24) is 4.90 Å². The fourth-order valence-electron chi connectivity index (χ4n) is 2.55. The van der Waals surface area contributed by atoms with Gasteiger partial charge in [-0.3, -0.25) is 0 Å². The van der Waals surface area contributed by atoms with Crippen molar-refractivity contribution in [3.05, 3.63) is 0 Å². The Morgan fingerprint density at radius 1 is 1.27 bits per heavy atom. The highest BCUT2D eigenvalue weighted by molar-refractivity contribution is 9.09. The van der Waals surface area contributed by atoms with Gasteiger partial charge >= 0.3 is 0 Å². The summed E-state index contributed by atoms with van der Waals surface area (Å²) in [5, 5.41) is 1.14. The van der Waals surface area contributed by atoms with E-state index in [0.717, 1.165) is 23.1 Å². The Morgan fingerprint density at radius 3 is 2.33 bits per heavy atom. The quantitative estimate of drug-likeness (QED) is 0.667. The first-order chi connectivity index (χ1) is 7.13. The Bertz CT molecular complexity index is 164. The molecular weight excluding hydrogens is 250 g/mol. The van der Waals surface area contributed by atoms with E-state index in [4.69, 9.17) is 0 Å². The zero-order valence-electron chi connectivity index (χ0n) is 10.5. The Morgan fingerprint density at radius 2 is 1.87 bits per heavy atom. The van der Waals surface area contributed by atoms with E-state index in [0.29, 0.717) is 0 Å². The second kappa shape index (κ2) is 6.90. The van der Waals surface area contributed by atoms with Gasteiger partial charge in [0.1, 0.15) is 0 Å². The maximum Gasteiger partial charge on any atom is 0.00743 e. The molecule has 0 radical (unpaired) electrons. The normalized spacial score (nSPS) is 20.4. The van der Waals surface area contributed by atoms with Crippen LogP contribution in [0.4, 0.5) is 0 Å². The third-order valence-corrected chi connectivity index (χ3v) is 4.56.